The molecular weight excluding hydrogens is 520 g/mol. The van der Waals surface area contributed by atoms with Crippen LogP contribution in [0, 0.1) is 6.92 Å². The highest BCUT2D eigenvalue weighted by atomic mass is 15.1. The van der Waals surface area contributed by atoms with Crippen LogP contribution in [-0.2, 0) is 0 Å². The number of anilines is 2. The van der Waals surface area contributed by atoms with E-state index in [0.29, 0.717) is 0 Å². The zero-order chi connectivity index (χ0) is 28.8. The fourth-order valence-corrected chi connectivity index (χ4v) is 7.67. The van der Waals surface area contributed by atoms with Crippen LogP contribution >= 0.6 is 0 Å². The van der Waals surface area contributed by atoms with Crippen molar-refractivity contribution in [1.29, 1.82) is 0 Å². The first-order valence-electron chi connectivity index (χ1n) is 16.3. The van der Waals surface area contributed by atoms with Crippen molar-refractivity contribution in [2.24, 2.45) is 0 Å². The van der Waals surface area contributed by atoms with Gasteiger partial charge in [-0.25, -0.2) is 0 Å². The van der Waals surface area contributed by atoms with Crippen molar-refractivity contribution in [1.82, 2.24) is 0 Å². The van der Waals surface area contributed by atoms with Crippen molar-refractivity contribution in [2.75, 3.05) is 36.0 Å². The molecule has 214 valence electrons. The highest BCUT2D eigenvalue weighted by Gasteiger charge is 2.22. The zero-order valence-corrected chi connectivity index (χ0v) is 25.3. The van der Waals surface area contributed by atoms with E-state index < -0.39 is 0 Å². The molecule has 0 aromatic heterocycles. The molecule has 2 aliphatic rings. The molecule has 43 heavy (non-hydrogen) atoms. The Balaban J connectivity index is 1.49. The van der Waals surface area contributed by atoms with Crippen LogP contribution in [-0.4, -0.2) is 26.2 Å². The molecule has 0 radical (unpaired) electrons. The first-order chi connectivity index (χ1) is 21.2. The van der Waals surface area contributed by atoms with Crippen molar-refractivity contribution < 1.29 is 0 Å². The molecule has 6 aromatic carbocycles. The van der Waals surface area contributed by atoms with Crippen LogP contribution in [0.25, 0.3) is 54.6 Å². The molecule has 0 bridgehead atoms. The summed E-state index contributed by atoms with van der Waals surface area (Å²) in [7, 11) is 0. The second-order valence-corrected chi connectivity index (χ2v) is 12.7. The molecule has 0 unspecified atom stereocenters. The highest BCUT2D eigenvalue weighted by molar-refractivity contribution is 6.24. The van der Waals surface area contributed by atoms with Gasteiger partial charge in [0.25, 0.3) is 0 Å². The van der Waals surface area contributed by atoms with E-state index in [9.17, 15) is 0 Å². The van der Waals surface area contributed by atoms with E-state index in [-0.39, 0.29) is 0 Å². The predicted octanol–water partition coefficient (Wildman–Crippen LogP) is 10.8. The van der Waals surface area contributed by atoms with E-state index in [1.807, 2.05) is 0 Å². The Kier molecular flexibility index (Phi) is 6.79. The number of hydrogen-bond donors (Lipinski definition) is 0. The van der Waals surface area contributed by atoms with E-state index in [1.54, 1.807) is 0 Å². The van der Waals surface area contributed by atoms with Crippen molar-refractivity contribution >= 4 is 43.7 Å². The molecule has 0 N–H and O–H groups in total. The molecule has 6 aromatic rings. The molecule has 0 aliphatic carbocycles. The molecule has 8 rings (SSSR count). The quantitative estimate of drug-likeness (QED) is 0.198. The lowest BCUT2D eigenvalue weighted by molar-refractivity contribution is 0.578. The van der Waals surface area contributed by atoms with Crippen LogP contribution in [0.15, 0.2) is 103 Å². The molecule has 0 atom stereocenters. The van der Waals surface area contributed by atoms with Crippen LogP contribution in [0.5, 0.6) is 0 Å². The summed E-state index contributed by atoms with van der Waals surface area (Å²) in [6.45, 7) is 6.77. The second kappa shape index (κ2) is 11.1. The van der Waals surface area contributed by atoms with Gasteiger partial charge < -0.3 is 9.80 Å². The standard InChI is InChI=1S/C41H40N2/c1-29-15-17-31(18-16-29)40-36-21-19-33(43-25-8-3-9-26-43)28-39(36)41(35-14-10-12-30-11-4-5-13-34(30)35)37-22-20-32(27-38(37)40)42-23-6-2-7-24-42/h4-5,10-22,27-28H,2-3,6-9,23-26H2,1H3. The summed E-state index contributed by atoms with van der Waals surface area (Å²) in [6, 6.07) is 39.5. The summed E-state index contributed by atoms with van der Waals surface area (Å²) in [5, 5.41) is 8.01. The van der Waals surface area contributed by atoms with E-state index in [2.05, 4.69) is 120 Å². The van der Waals surface area contributed by atoms with Crippen molar-refractivity contribution in [3.63, 3.8) is 0 Å². The second-order valence-electron chi connectivity index (χ2n) is 12.7. The maximum absolute atomic E-state index is 2.60. The minimum Gasteiger partial charge on any atom is -0.372 e. The van der Waals surface area contributed by atoms with Gasteiger partial charge >= 0.3 is 0 Å². The first-order valence-corrected chi connectivity index (χ1v) is 16.3. The van der Waals surface area contributed by atoms with E-state index in [1.165, 1.54) is 110 Å². The third-order valence-electron chi connectivity index (χ3n) is 9.93. The summed E-state index contributed by atoms with van der Waals surface area (Å²) in [6.07, 6.45) is 7.79. The number of fused-ring (bicyclic) bond motifs is 3. The summed E-state index contributed by atoms with van der Waals surface area (Å²) in [5.74, 6) is 0. The molecule has 2 fully saturated rings. The van der Waals surface area contributed by atoms with Gasteiger partial charge in [-0.15, -0.1) is 0 Å². The molecular formula is C41H40N2. The predicted molar refractivity (Wildman–Crippen MR) is 187 cm³/mol. The average molecular weight is 561 g/mol. The molecule has 0 spiro atoms. The summed E-state index contributed by atoms with van der Waals surface area (Å²) >= 11 is 0. The van der Waals surface area contributed by atoms with Gasteiger partial charge in [0.05, 0.1) is 0 Å². The van der Waals surface area contributed by atoms with Crippen molar-refractivity contribution in [2.45, 2.75) is 45.4 Å². The summed E-state index contributed by atoms with van der Waals surface area (Å²) in [5.41, 5.74) is 9.35. The van der Waals surface area contributed by atoms with E-state index in [0.717, 1.165) is 26.2 Å². The normalized spacial score (nSPS) is 15.9. The smallest absolute Gasteiger partial charge is 0.0372 e. The van der Waals surface area contributed by atoms with Crippen LogP contribution in [0.1, 0.15) is 44.1 Å². The Morgan fingerprint density at radius 2 is 1.00 bits per heavy atom. The Morgan fingerprint density at radius 1 is 0.442 bits per heavy atom. The number of aryl methyl sites for hydroxylation is 1. The van der Waals surface area contributed by atoms with Gasteiger partial charge in [-0.2, -0.15) is 0 Å². The minimum atomic E-state index is 1.15. The van der Waals surface area contributed by atoms with E-state index in [4.69, 9.17) is 0 Å². The van der Waals surface area contributed by atoms with Gasteiger partial charge in [0.15, 0.2) is 0 Å². The maximum Gasteiger partial charge on any atom is 0.0372 e. The van der Waals surface area contributed by atoms with E-state index >= 15 is 0 Å². The third-order valence-corrected chi connectivity index (χ3v) is 9.93. The lowest BCUT2D eigenvalue weighted by Crippen LogP contribution is -2.29. The zero-order valence-electron chi connectivity index (χ0n) is 25.3. The Morgan fingerprint density at radius 3 is 1.65 bits per heavy atom. The van der Waals surface area contributed by atoms with Crippen LogP contribution in [0.2, 0.25) is 0 Å². The number of hydrogen-bond acceptors (Lipinski definition) is 2. The van der Waals surface area contributed by atoms with Crippen molar-refractivity contribution in [3.8, 4) is 22.3 Å². The SMILES string of the molecule is Cc1ccc(-c2c3cc(N4CCCCC4)ccc3c(-c3cccc4ccccc34)c3cc(N4CCCCC4)ccc23)cc1. The highest BCUT2D eigenvalue weighted by Crippen LogP contribution is 2.47. The summed E-state index contributed by atoms with van der Waals surface area (Å²) in [4.78, 5) is 5.20. The number of nitrogens with zero attached hydrogens (tertiary/aromatic N) is 2. The molecule has 0 amide bonds. The maximum atomic E-state index is 2.60. The monoisotopic (exact) mass is 560 g/mol. The molecule has 2 heterocycles. The molecule has 2 nitrogen and oxygen atoms in total. The van der Waals surface area contributed by atoms with Crippen molar-refractivity contribution in [3.05, 3.63) is 109 Å². The molecule has 0 saturated carbocycles. The fraction of sp³-hybridized carbons (Fsp3) is 0.268. The Hall–Kier alpha value is -4.30. The van der Waals surface area contributed by atoms with Crippen LogP contribution in [0.4, 0.5) is 11.4 Å². The lowest BCUT2D eigenvalue weighted by atomic mass is 9.84. The number of rotatable bonds is 4. The van der Waals surface area contributed by atoms with Crippen LogP contribution < -0.4 is 9.80 Å². The van der Waals surface area contributed by atoms with Gasteiger partial charge in [-0.3, -0.25) is 0 Å². The van der Waals surface area contributed by atoms with Gasteiger partial charge in [-0.05, 0) is 124 Å². The van der Waals surface area contributed by atoms with Gasteiger partial charge in [0.1, 0.15) is 0 Å². The minimum absolute atomic E-state index is 1.15. The average Bonchev–Trinajstić information content (AvgIpc) is 3.08. The van der Waals surface area contributed by atoms with Gasteiger partial charge in [0, 0.05) is 37.6 Å². The number of piperidine rings is 2. The number of benzene rings is 6. The topological polar surface area (TPSA) is 6.48 Å². The largest absolute Gasteiger partial charge is 0.372 e. The summed E-state index contributed by atoms with van der Waals surface area (Å²) < 4.78 is 0. The third kappa shape index (κ3) is 4.74. The fourth-order valence-electron chi connectivity index (χ4n) is 7.67. The molecule has 2 heteroatoms. The van der Waals surface area contributed by atoms with Crippen LogP contribution in [0.3, 0.4) is 0 Å². The van der Waals surface area contributed by atoms with Gasteiger partial charge in [0.2, 0.25) is 0 Å². The van der Waals surface area contributed by atoms with Gasteiger partial charge in [-0.1, -0.05) is 84.4 Å². The Labute approximate surface area is 255 Å². The molecule has 2 aliphatic heterocycles. The first kappa shape index (κ1) is 26.3. The molecule has 2 saturated heterocycles. The lowest BCUT2D eigenvalue weighted by Gasteiger charge is -2.30. The Bertz CT molecular complexity index is 1930.